The van der Waals surface area contributed by atoms with Crippen LogP contribution in [0.3, 0.4) is 0 Å². The molecule has 1 fully saturated rings. The summed E-state index contributed by atoms with van der Waals surface area (Å²) in [6, 6.07) is 1.00. The van der Waals surface area contributed by atoms with E-state index in [0.29, 0.717) is 4.88 Å². The van der Waals surface area contributed by atoms with Crippen molar-refractivity contribution in [2.45, 2.75) is 44.2 Å². The van der Waals surface area contributed by atoms with Gasteiger partial charge in [-0.3, -0.25) is 4.79 Å². The second-order valence-corrected chi connectivity index (χ2v) is 6.60. The molecule has 2 aliphatic rings. The van der Waals surface area contributed by atoms with Gasteiger partial charge < -0.3 is 15.1 Å². The van der Waals surface area contributed by atoms with E-state index in [1.54, 1.807) is 0 Å². The van der Waals surface area contributed by atoms with Crippen molar-refractivity contribution < 1.29 is 19.8 Å². The van der Waals surface area contributed by atoms with E-state index in [9.17, 15) is 14.7 Å². The van der Waals surface area contributed by atoms with Crippen molar-refractivity contribution >= 4 is 23.2 Å². The maximum atomic E-state index is 12.5. The maximum absolute atomic E-state index is 12.5. The lowest BCUT2D eigenvalue weighted by Crippen LogP contribution is -2.40. The topological polar surface area (TPSA) is 77.8 Å². The number of likely N-dealkylation sites (tertiary alicyclic amines) is 1. The fraction of sp³-hybridized carbons (Fsp3) is 0.571. The van der Waals surface area contributed by atoms with Gasteiger partial charge in [-0.2, -0.15) is 0 Å². The summed E-state index contributed by atoms with van der Waals surface area (Å²) in [6.45, 7) is 0.109. The van der Waals surface area contributed by atoms with E-state index in [4.69, 9.17) is 5.11 Å². The summed E-state index contributed by atoms with van der Waals surface area (Å²) in [4.78, 5) is 26.8. The molecule has 0 saturated carbocycles. The average molecular weight is 295 g/mol. The highest BCUT2D eigenvalue weighted by Gasteiger charge is 2.39. The molecule has 1 aliphatic heterocycles. The Bertz CT molecular complexity index is 530. The molecule has 3 rings (SSSR count). The maximum Gasteiger partial charge on any atom is 0.326 e. The summed E-state index contributed by atoms with van der Waals surface area (Å²) in [5.74, 6) is -1.30. The van der Waals surface area contributed by atoms with Gasteiger partial charge in [0.1, 0.15) is 6.04 Å². The molecule has 1 amide bonds. The molecule has 1 aromatic heterocycles. The van der Waals surface area contributed by atoms with E-state index < -0.39 is 18.1 Å². The molecule has 1 aliphatic carbocycles. The third-order valence-electron chi connectivity index (χ3n) is 4.03. The molecule has 0 spiro atoms. The zero-order chi connectivity index (χ0) is 14.3. The number of thiophene rings is 1. The van der Waals surface area contributed by atoms with Crippen molar-refractivity contribution in [1.29, 1.82) is 0 Å². The summed E-state index contributed by atoms with van der Waals surface area (Å²) in [5.41, 5.74) is 1.23. The summed E-state index contributed by atoms with van der Waals surface area (Å²) >= 11 is 1.48. The Morgan fingerprint density at radius 2 is 2.05 bits per heavy atom. The number of carboxylic acid groups (broad SMARTS) is 1. The molecule has 1 aromatic rings. The number of carbonyl (C=O) groups excluding carboxylic acids is 1. The Hall–Kier alpha value is -1.40. The molecule has 0 bridgehead atoms. The first-order valence-electron chi connectivity index (χ1n) is 6.89. The highest BCUT2D eigenvalue weighted by atomic mass is 32.1. The predicted octanol–water partition coefficient (Wildman–Crippen LogP) is 1.29. The number of carboxylic acids is 1. The molecule has 1 saturated heterocycles. The van der Waals surface area contributed by atoms with Crippen molar-refractivity contribution in [3.8, 4) is 0 Å². The van der Waals surface area contributed by atoms with E-state index in [1.807, 2.05) is 6.07 Å². The number of hydrogen-bond acceptors (Lipinski definition) is 4. The van der Waals surface area contributed by atoms with Gasteiger partial charge in [-0.25, -0.2) is 4.79 Å². The van der Waals surface area contributed by atoms with Crippen molar-refractivity contribution in [2.75, 3.05) is 6.54 Å². The van der Waals surface area contributed by atoms with Crippen LogP contribution < -0.4 is 0 Å². The van der Waals surface area contributed by atoms with Crippen LogP contribution in [0.5, 0.6) is 0 Å². The van der Waals surface area contributed by atoms with Crippen LogP contribution in [-0.4, -0.2) is 45.7 Å². The van der Waals surface area contributed by atoms with Gasteiger partial charge in [0, 0.05) is 17.8 Å². The minimum atomic E-state index is -1.05. The van der Waals surface area contributed by atoms with Gasteiger partial charge in [0.25, 0.3) is 5.91 Å². The van der Waals surface area contributed by atoms with E-state index in [-0.39, 0.29) is 18.9 Å². The second-order valence-electron chi connectivity index (χ2n) is 5.47. The number of aliphatic hydroxyl groups is 1. The van der Waals surface area contributed by atoms with Gasteiger partial charge >= 0.3 is 5.97 Å². The van der Waals surface area contributed by atoms with Gasteiger partial charge in [-0.15, -0.1) is 11.3 Å². The number of aryl methyl sites for hydroxylation is 2. The SMILES string of the molecule is O=C(O)[C@@H]1CC(O)CN1C(=O)c1cc2c(s1)CCCC2. The van der Waals surface area contributed by atoms with Gasteiger partial charge in [-0.05, 0) is 37.3 Å². The van der Waals surface area contributed by atoms with Gasteiger partial charge in [-0.1, -0.05) is 0 Å². The zero-order valence-corrected chi connectivity index (χ0v) is 11.9. The van der Waals surface area contributed by atoms with Crippen molar-refractivity contribution in [1.82, 2.24) is 4.90 Å². The fourth-order valence-corrected chi connectivity index (χ4v) is 4.22. The monoisotopic (exact) mass is 295 g/mol. The first-order chi connectivity index (χ1) is 9.56. The Morgan fingerprint density at radius 3 is 2.75 bits per heavy atom. The zero-order valence-electron chi connectivity index (χ0n) is 11.0. The largest absolute Gasteiger partial charge is 0.480 e. The van der Waals surface area contributed by atoms with E-state index in [1.165, 1.54) is 26.7 Å². The smallest absolute Gasteiger partial charge is 0.326 e. The predicted molar refractivity (Wildman–Crippen MR) is 74.0 cm³/mol. The minimum Gasteiger partial charge on any atom is -0.480 e. The molecule has 108 valence electrons. The van der Waals surface area contributed by atoms with E-state index in [0.717, 1.165) is 25.7 Å². The highest BCUT2D eigenvalue weighted by Crippen LogP contribution is 2.31. The minimum absolute atomic E-state index is 0.109. The molecule has 0 radical (unpaired) electrons. The second kappa shape index (κ2) is 5.18. The molecule has 2 N–H and O–H groups in total. The van der Waals surface area contributed by atoms with Crippen LogP contribution in [-0.2, 0) is 17.6 Å². The third kappa shape index (κ3) is 2.33. The standard InChI is InChI=1S/C14H17NO4S/c16-9-6-10(14(18)19)15(7-9)13(17)12-5-8-3-1-2-4-11(8)20-12/h5,9-10,16H,1-4,6-7H2,(H,18,19)/t9?,10-/m0/s1. The van der Waals surface area contributed by atoms with Crippen LogP contribution >= 0.6 is 11.3 Å². The van der Waals surface area contributed by atoms with E-state index in [2.05, 4.69) is 0 Å². The molecule has 2 atom stereocenters. The van der Waals surface area contributed by atoms with Crippen LogP contribution in [0.2, 0.25) is 0 Å². The number of aliphatic carboxylic acids is 1. The quantitative estimate of drug-likeness (QED) is 0.862. The van der Waals surface area contributed by atoms with Crippen molar-refractivity contribution in [3.05, 3.63) is 21.4 Å². The molecule has 20 heavy (non-hydrogen) atoms. The van der Waals surface area contributed by atoms with Crippen LogP contribution in [0.25, 0.3) is 0 Å². The van der Waals surface area contributed by atoms with Gasteiger partial charge in [0.2, 0.25) is 0 Å². The Kier molecular flexibility index (Phi) is 3.52. The van der Waals surface area contributed by atoms with Crippen molar-refractivity contribution in [3.63, 3.8) is 0 Å². The molecular weight excluding hydrogens is 278 g/mol. The molecule has 5 nitrogen and oxygen atoms in total. The molecular formula is C14H17NO4S. The lowest BCUT2D eigenvalue weighted by atomic mass is 9.99. The summed E-state index contributed by atoms with van der Waals surface area (Å²) in [7, 11) is 0. The molecule has 6 heteroatoms. The van der Waals surface area contributed by atoms with Crippen molar-refractivity contribution in [2.24, 2.45) is 0 Å². The summed E-state index contributed by atoms with van der Waals surface area (Å²) < 4.78 is 0. The van der Waals surface area contributed by atoms with Crippen LogP contribution in [0.4, 0.5) is 0 Å². The first kappa shape index (κ1) is 13.6. The third-order valence-corrected chi connectivity index (χ3v) is 5.26. The lowest BCUT2D eigenvalue weighted by molar-refractivity contribution is -0.141. The Labute approximate surface area is 120 Å². The number of fused-ring (bicyclic) bond motifs is 1. The number of β-amino-alcohol motifs (C(OH)–C–C–N with tert-alkyl or cyclic N) is 1. The van der Waals surface area contributed by atoms with Crippen LogP contribution in [0.1, 0.15) is 39.4 Å². The van der Waals surface area contributed by atoms with Gasteiger partial charge in [0.15, 0.2) is 0 Å². The number of nitrogens with zero attached hydrogens (tertiary/aromatic N) is 1. The van der Waals surface area contributed by atoms with Gasteiger partial charge in [0.05, 0.1) is 11.0 Å². The van der Waals surface area contributed by atoms with Crippen LogP contribution in [0.15, 0.2) is 6.07 Å². The summed E-state index contributed by atoms with van der Waals surface area (Å²) in [5, 5.41) is 18.8. The average Bonchev–Trinajstić information content (AvgIpc) is 3.01. The fourth-order valence-electron chi connectivity index (χ4n) is 3.01. The van der Waals surface area contributed by atoms with E-state index >= 15 is 0 Å². The first-order valence-corrected chi connectivity index (χ1v) is 7.71. The number of aliphatic hydroxyl groups excluding tert-OH is 1. The molecule has 1 unspecified atom stereocenters. The van der Waals surface area contributed by atoms with Crippen LogP contribution in [0, 0.1) is 0 Å². The molecule has 2 heterocycles. The lowest BCUT2D eigenvalue weighted by Gasteiger charge is -2.20. The number of amides is 1. The Balaban J connectivity index is 1.84. The molecule has 0 aromatic carbocycles. The number of hydrogen-bond donors (Lipinski definition) is 2. The highest BCUT2D eigenvalue weighted by molar-refractivity contribution is 7.14. The number of carbonyl (C=O) groups is 2. The summed E-state index contributed by atoms with van der Waals surface area (Å²) in [6.07, 6.45) is 3.70. The Morgan fingerprint density at radius 1 is 1.30 bits per heavy atom. The number of rotatable bonds is 2. The normalized spacial score (nSPS) is 25.6.